The summed E-state index contributed by atoms with van der Waals surface area (Å²) in [5, 5.41) is 9.78. The molecule has 2 heterocycles. The molecule has 2 aromatic carbocycles. The zero-order valence-electron chi connectivity index (χ0n) is 21.9. The molecule has 0 saturated carbocycles. The lowest BCUT2D eigenvalue weighted by Crippen LogP contribution is -2.39. The monoisotopic (exact) mass is 527 g/mol. The minimum atomic E-state index is -0.591. The average molecular weight is 528 g/mol. The first-order valence-corrected chi connectivity index (χ1v) is 13.1. The fourth-order valence-corrected chi connectivity index (χ4v) is 4.30. The lowest BCUT2D eigenvalue weighted by atomic mass is 9.98. The van der Waals surface area contributed by atoms with E-state index >= 15 is 0 Å². The van der Waals surface area contributed by atoms with Crippen LogP contribution in [-0.2, 0) is 19.1 Å². The molecule has 0 spiro atoms. The van der Waals surface area contributed by atoms with Gasteiger partial charge in [-0.2, -0.15) is 0 Å². The van der Waals surface area contributed by atoms with Crippen molar-refractivity contribution in [1.29, 1.82) is 0 Å². The molecule has 0 aliphatic rings. The van der Waals surface area contributed by atoms with Gasteiger partial charge in [-0.15, -0.1) is 0 Å². The molecule has 9 heteroatoms. The second kappa shape index (κ2) is 13.8. The average Bonchev–Trinajstić information content (AvgIpc) is 3.44. The van der Waals surface area contributed by atoms with Gasteiger partial charge < -0.3 is 25.7 Å². The van der Waals surface area contributed by atoms with Crippen molar-refractivity contribution in [3.8, 4) is 11.1 Å². The van der Waals surface area contributed by atoms with Crippen LogP contribution in [0.4, 0.5) is 5.82 Å². The fourth-order valence-electron chi connectivity index (χ4n) is 4.30. The Kier molecular flexibility index (Phi) is 9.66. The molecule has 0 aliphatic heterocycles. The number of anilines is 1. The molecule has 4 aromatic rings. The number of rotatable bonds is 13. The van der Waals surface area contributed by atoms with E-state index in [4.69, 9.17) is 4.74 Å². The van der Waals surface area contributed by atoms with Crippen LogP contribution in [0, 0.1) is 0 Å². The summed E-state index contributed by atoms with van der Waals surface area (Å²) in [6.45, 7) is 2.40. The van der Waals surface area contributed by atoms with Crippen LogP contribution >= 0.6 is 0 Å². The lowest BCUT2D eigenvalue weighted by Gasteiger charge is -2.19. The third-order valence-electron chi connectivity index (χ3n) is 6.22. The van der Waals surface area contributed by atoms with E-state index < -0.39 is 12.0 Å². The quantitative estimate of drug-likeness (QED) is 0.151. The van der Waals surface area contributed by atoms with Crippen molar-refractivity contribution in [2.75, 3.05) is 25.0 Å². The molecular formula is C30H33N5O4. The molecule has 9 nitrogen and oxygen atoms in total. The molecule has 1 atom stereocenters. The van der Waals surface area contributed by atoms with Crippen LogP contribution in [0.3, 0.4) is 0 Å². The highest BCUT2D eigenvalue weighted by molar-refractivity contribution is 5.94. The van der Waals surface area contributed by atoms with E-state index in [-0.39, 0.29) is 37.8 Å². The van der Waals surface area contributed by atoms with Crippen LogP contribution in [0.5, 0.6) is 0 Å². The number of carbonyl (C=O) groups is 3. The number of amides is 2. The van der Waals surface area contributed by atoms with Crippen LogP contribution < -0.4 is 16.0 Å². The molecule has 0 fully saturated rings. The minimum Gasteiger partial charge on any atom is -0.466 e. The third kappa shape index (κ3) is 7.91. The Morgan fingerprint density at radius 2 is 1.82 bits per heavy atom. The number of nitrogens with one attached hydrogen (secondary N) is 4. The van der Waals surface area contributed by atoms with Gasteiger partial charge in [-0.05, 0) is 48.1 Å². The minimum absolute atomic E-state index is 0.0156. The normalized spacial score (nSPS) is 11.5. The van der Waals surface area contributed by atoms with Gasteiger partial charge in [0.2, 0.25) is 11.8 Å². The maximum absolute atomic E-state index is 12.7. The first-order valence-electron chi connectivity index (χ1n) is 13.1. The smallest absolute Gasteiger partial charge is 0.308 e. The van der Waals surface area contributed by atoms with Gasteiger partial charge in [-0.25, -0.2) is 4.98 Å². The zero-order chi connectivity index (χ0) is 27.5. The number of nitrogens with zero attached hydrogens (tertiary/aromatic N) is 1. The predicted octanol–water partition coefficient (Wildman–Crippen LogP) is 4.35. The summed E-state index contributed by atoms with van der Waals surface area (Å²) in [7, 11) is 0. The maximum atomic E-state index is 12.7. The van der Waals surface area contributed by atoms with Gasteiger partial charge in [0, 0.05) is 30.9 Å². The van der Waals surface area contributed by atoms with Crippen LogP contribution in [0.25, 0.3) is 22.0 Å². The number of fused-ring (bicyclic) bond motifs is 1. The molecule has 2 aromatic heterocycles. The topological polar surface area (TPSA) is 125 Å². The molecule has 4 rings (SSSR count). The van der Waals surface area contributed by atoms with Crippen molar-refractivity contribution < 1.29 is 19.1 Å². The van der Waals surface area contributed by atoms with Gasteiger partial charge in [0.1, 0.15) is 5.82 Å². The van der Waals surface area contributed by atoms with E-state index in [1.54, 1.807) is 13.1 Å². The van der Waals surface area contributed by atoms with Gasteiger partial charge in [0.25, 0.3) is 0 Å². The summed E-state index contributed by atoms with van der Waals surface area (Å²) < 4.78 is 5.12. The summed E-state index contributed by atoms with van der Waals surface area (Å²) in [4.78, 5) is 44.6. The Morgan fingerprint density at radius 1 is 0.974 bits per heavy atom. The van der Waals surface area contributed by atoms with Gasteiger partial charge >= 0.3 is 5.97 Å². The highest BCUT2D eigenvalue weighted by Crippen LogP contribution is 2.29. The number of carbonyl (C=O) groups excluding carboxylic acids is 3. The van der Waals surface area contributed by atoms with Crippen molar-refractivity contribution in [2.24, 2.45) is 0 Å². The van der Waals surface area contributed by atoms with Crippen molar-refractivity contribution in [3.05, 3.63) is 84.7 Å². The summed E-state index contributed by atoms with van der Waals surface area (Å²) in [6, 6.07) is 20.8. The second-order valence-corrected chi connectivity index (χ2v) is 9.02. The number of hydrogen-bond donors (Lipinski definition) is 4. The van der Waals surface area contributed by atoms with Gasteiger partial charge in [-0.3, -0.25) is 14.4 Å². The molecule has 2 amide bonds. The number of para-hydroxylation sites is 1. The Balaban J connectivity index is 1.32. The van der Waals surface area contributed by atoms with E-state index in [2.05, 4.69) is 25.9 Å². The summed E-state index contributed by atoms with van der Waals surface area (Å²) in [6.07, 6.45) is 4.46. The van der Waals surface area contributed by atoms with Crippen LogP contribution in [0.2, 0.25) is 0 Å². The van der Waals surface area contributed by atoms with E-state index in [9.17, 15) is 14.4 Å². The summed E-state index contributed by atoms with van der Waals surface area (Å²) >= 11 is 0. The van der Waals surface area contributed by atoms with Crippen molar-refractivity contribution >= 4 is 34.5 Å². The summed E-state index contributed by atoms with van der Waals surface area (Å²) in [5.74, 6) is -0.269. The first-order chi connectivity index (χ1) is 19.0. The highest BCUT2D eigenvalue weighted by atomic mass is 16.5. The van der Waals surface area contributed by atoms with E-state index in [1.165, 1.54) is 0 Å². The van der Waals surface area contributed by atoms with Crippen LogP contribution in [0.15, 0.2) is 79.1 Å². The van der Waals surface area contributed by atoms with E-state index in [0.717, 1.165) is 33.4 Å². The van der Waals surface area contributed by atoms with Gasteiger partial charge in [0.15, 0.2) is 0 Å². The van der Waals surface area contributed by atoms with Crippen molar-refractivity contribution in [3.63, 3.8) is 0 Å². The van der Waals surface area contributed by atoms with Gasteiger partial charge in [0.05, 0.1) is 31.1 Å². The number of aromatic nitrogens is 2. The molecule has 0 aliphatic carbocycles. The standard InChI is InChI=1S/C30H33N5O4/c1-2-39-29(38)19-25(22-13-11-21(12-14-22)24-8-5-7-23-15-18-33-30(23)24)35-28(37)20-34-27(36)10-6-17-32-26-9-3-4-16-31-26/h3-5,7-9,11-16,18,25,33H,2,6,10,17,19-20H2,1H3,(H,31,32)(H,34,36)(H,35,37). The third-order valence-corrected chi connectivity index (χ3v) is 6.22. The number of pyridine rings is 1. The number of hydrogen-bond acceptors (Lipinski definition) is 6. The van der Waals surface area contributed by atoms with Crippen molar-refractivity contribution in [1.82, 2.24) is 20.6 Å². The molecule has 0 radical (unpaired) electrons. The largest absolute Gasteiger partial charge is 0.466 e. The molecule has 0 saturated heterocycles. The SMILES string of the molecule is CCOC(=O)CC(NC(=O)CNC(=O)CCCNc1ccccn1)c1ccc(-c2cccc3cc[nH]c23)cc1. The number of aromatic amines is 1. The van der Waals surface area contributed by atoms with Crippen molar-refractivity contribution in [2.45, 2.75) is 32.2 Å². The molecule has 39 heavy (non-hydrogen) atoms. The lowest BCUT2D eigenvalue weighted by molar-refractivity contribution is -0.144. The molecule has 1 unspecified atom stereocenters. The number of H-pyrrole nitrogens is 1. The maximum Gasteiger partial charge on any atom is 0.308 e. The zero-order valence-corrected chi connectivity index (χ0v) is 21.9. The second-order valence-electron chi connectivity index (χ2n) is 9.02. The molecular weight excluding hydrogens is 494 g/mol. The Morgan fingerprint density at radius 3 is 2.59 bits per heavy atom. The number of ether oxygens (including phenoxy) is 1. The summed E-state index contributed by atoms with van der Waals surface area (Å²) in [5.41, 5.74) is 3.89. The molecule has 4 N–H and O–H groups in total. The highest BCUT2D eigenvalue weighted by Gasteiger charge is 2.20. The first kappa shape index (κ1) is 27.4. The Hall–Kier alpha value is -4.66. The Labute approximate surface area is 227 Å². The van der Waals surface area contributed by atoms with E-state index in [1.807, 2.05) is 72.9 Å². The predicted molar refractivity (Wildman–Crippen MR) is 151 cm³/mol. The van der Waals surface area contributed by atoms with E-state index in [0.29, 0.717) is 13.0 Å². The molecule has 202 valence electrons. The Bertz CT molecular complexity index is 1390. The molecule has 0 bridgehead atoms. The van der Waals surface area contributed by atoms with Crippen LogP contribution in [-0.4, -0.2) is 47.4 Å². The number of esters is 1. The fraction of sp³-hybridized carbons (Fsp3) is 0.267. The van der Waals surface area contributed by atoms with Crippen LogP contribution in [0.1, 0.15) is 37.8 Å². The van der Waals surface area contributed by atoms with Gasteiger partial charge in [-0.1, -0.05) is 48.5 Å². The number of benzene rings is 2.